The molecule has 0 radical (unpaired) electrons. The maximum absolute atomic E-state index is 13.4. The maximum atomic E-state index is 13.4. The minimum Gasteiger partial charge on any atom is -0.492 e. The normalized spacial score (nSPS) is 16.6. The van der Waals surface area contributed by atoms with Gasteiger partial charge < -0.3 is 10.1 Å². The monoisotopic (exact) mass is 400 g/mol. The Balaban J connectivity index is 1.64. The number of allylic oxidation sites excluding steroid dienone is 2. The first-order chi connectivity index (χ1) is 14.1. The number of rotatable bonds is 4. The summed E-state index contributed by atoms with van der Waals surface area (Å²) in [4.78, 5) is 13.4. The molecule has 0 saturated heterocycles. The largest absolute Gasteiger partial charge is 0.492 e. The predicted molar refractivity (Wildman–Crippen MR) is 119 cm³/mol. The van der Waals surface area contributed by atoms with Gasteiger partial charge in [0.15, 0.2) is 5.78 Å². The number of fused-ring (bicyclic) bond motifs is 3. The molecule has 1 N–H and O–H groups in total. The Kier molecular flexibility index (Phi) is 4.83. The number of hydrogen-bond acceptors (Lipinski definition) is 4. The molecule has 0 atom stereocenters. The van der Waals surface area contributed by atoms with Crippen molar-refractivity contribution >= 4 is 11.4 Å². The Labute approximate surface area is 178 Å². The number of benzene rings is 2. The molecular weight excluding hydrogens is 372 g/mol. The van der Waals surface area contributed by atoms with Crippen molar-refractivity contribution in [2.75, 3.05) is 13.2 Å². The van der Waals surface area contributed by atoms with Gasteiger partial charge in [0.1, 0.15) is 12.4 Å². The van der Waals surface area contributed by atoms with Crippen LogP contribution in [0, 0.1) is 11.3 Å². The second-order valence-corrected chi connectivity index (χ2v) is 9.70. The molecule has 0 aromatic heterocycles. The Morgan fingerprint density at radius 3 is 2.57 bits per heavy atom. The molecule has 2 aliphatic rings. The number of ketones is 1. The summed E-state index contributed by atoms with van der Waals surface area (Å²) in [6.07, 6.45) is 0.707. The SMILES string of the molecule is CC(C)(C)NCCOc1ccc2c(c1)C(C)(C)C1=C(C2=O)c2ccc(C#N)cc2C1. The minimum atomic E-state index is -0.284. The Bertz CT molecular complexity index is 1110. The molecule has 30 heavy (non-hydrogen) atoms. The Morgan fingerprint density at radius 1 is 1.13 bits per heavy atom. The lowest BCUT2D eigenvalue weighted by Gasteiger charge is -2.34. The van der Waals surface area contributed by atoms with Crippen molar-refractivity contribution in [1.29, 1.82) is 5.26 Å². The number of nitrogens with zero attached hydrogens (tertiary/aromatic N) is 1. The molecular formula is C26H28N2O2. The van der Waals surface area contributed by atoms with Gasteiger partial charge >= 0.3 is 0 Å². The number of nitrogens with one attached hydrogen (secondary N) is 1. The zero-order chi connectivity index (χ0) is 21.7. The van der Waals surface area contributed by atoms with Crippen LogP contribution in [0.1, 0.15) is 67.2 Å². The standard InChI is InChI=1S/C26H28N2O2/c1-25(2,3)28-10-11-30-18-7-9-20-21(14-18)26(4,5)22-13-17-12-16(15-27)6-8-19(17)23(22)24(20)29/h6-9,12,14,28H,10-11,13H2,1-5H3. The Hall–Kier alpha value is -2.90. The second kappa shape index (κ2) is 7.11. The first-order valence-electron chi connectivity index (χ1n) is 10.5. The highest BCUT2D eigenvalue weighted by Gasteiger charge is 2.42. The van der Waals surface area contributed by atoms with Crippen molar-refractivity contribution in [1.82, 2.24) is 5.32 Å². The summed E-state index contributed by atoms with van der Waals surface area (Å²) in [5.41, 5.74) is 6.16. The van der Waals surface area contributed by atoms with Gasteiger partial charge in [-0.3, -0.25) is 4.79 Å². The van der Waals surface area contributed by atoms with E-state index in [1.807, 2.05) is 30.3 Å². The van der Waals surface area contributed by atoms with E-state index in [9.17, 15) is 10.1 Å². The lowest BCUT2D eigenvalue weighted by atomic mass is 9.68. The number of hydrogen-bond donors (Lipinski definition) is 1. The fraction of sp³-hybridized carbons (Fsp3) is 0.385. The smallest absolute Gasteiger partial charge is 0.193 e. The Morgan fingerprint density at radius 2 is 1.87 bits per heavy atom. The van der Waals surface area contributed by atoms with E-state index in [0.29, 0.717) is 18.6 Å². The van der Waals surface area contributed by atoms with Gasteiger partial charge in [0.25, 0.3) is 0 Å². The van der Waals surface area contributed by atoms with Crippen molar-refractivity contribution in [2.45, 2.75) is 52.0 Å². The van der Waals surface area contributed by atoms with Crippen LogP contribution in [0.4, 0.5) is 0 Å². The van der Waals surface area contributed by atoms with Crippen LogP contribution in [-0.4, -0.2) is 24.5 Å². The average Bonchev–Trinajstić information content (AvgIpc) is 3.09. The van der Waals surface area contributed by atoms with Gasteiger partial charge in [0.2, 0.25) is 0 Å². The van der Waals surface area contributed by atoms with E-state index in [1.54, 1.807) is 6.07 Å². The molecule has 0 unspecified atom stereocenters. The summed E-state index contributed by atoms with van der Waals surface area (Å²) in [6.45, 7) is 12.1. The fourth-order valence-electron chi connectivity index (χ4n) is 4.51. The number of nitriles is 1. The number of carbonyl (C=O) groups is 1. The van der Waals surface area contributed by atoms with Crippen molar-refractivity contribution < 1.29 is 9.53 Å². The van der Waals surface area contributed by atoms with Crippen LogP contribution < -0.4 is 10.1 Å². The lowest BCUT2D eigenvalue weighted by Crippen LogP contribution is -2.38. The van der Waals surface area contributed by atoms with Crippen molar-refractivity contribution in [3.8, 4) is 11.8 Å². The van der Waals surface area contributed by atoms with Crippen molar-refractivity contribution in [3.05, 3.63) is 69.8 Å². The zero-order valence-electron chi connectivity index (χ0n) is 18.3. The first kappa shape index (κ1) is 20.4. The van der Waals surface area contributed by atoms with Gasteiger partial charge in [-0.2, -0.15) is 5.26 Å². The molecule has 0 heterocycles. The molecule has 2 aliphatic carbocycles. The zero-order valence-corrected chi connectivity index (χ0v) is 18.3. The quantitative estimate of drug-likeness (QED) is 0.748. The van der Waals surface area contributed by atoms with E-state index in [-0.39, 0.29) is 16.7 Å². The van der Waals surface area contributed by atoms with Crippen LogP contribution in [-0.2, 0) is 11.8 Å². The summed E-state index contributed by atoms with van der Waals surface area (Å²) >= 11 is 0. The van der Waals surface area contributed by atoms with Gasteiger partial charge in [-0.05, 0) is 79.8 Å². The number of ether oxygens (including phenoxy) is 1. The summed E-state index contributed by atoms with van der Waals surface area (Å²) in [5, 5.41) is 12.7. The molecule has 0 saturated carbocycles. The van der Waals surface area contributed by atoms with Gasteiger partial charge in [0, 0.05) is 28.6 Å². The molecule has 154 valence electrons. The van der Waals surface area contributed by atoms with Crippen LogP contribution in [0.2, 0.25) is 0 Å². The second-order valence-electron chi connectivity index (χ2n) is 9.70. The fourth-order valence-corrected chi connectivity index (χ4v) is 4.51. The molecule has 4 rings (SSSR count). The van der Waals surface area contributed by atoms with E-state index in [4.69, 9.17) is 4.74 Å². The van der Waals surface area contributed by atoms with Crippen LogP contribution in [0.5, 0.6) is 5.75 Å². The van der Waals surface area contributed by atoms with E-state index in [2.05, 4.69) is 46.0 Å². The number of carbonyl (C=O) groups excluding carboxylic acids is 1. The number of Topliss-reactive ketones (excluding diaryl/α,β-unsaturated/α-hetero) is 1. The lowest BCUT2D eigenvalue weighted by molar-refractivity contribution is 0.105. The van der Waals surface area contributed by atoms with Crippen LogP contribution in [0.3, 0.4) is 0 Å². The summed E-state index contributed by atoms with van der Waals surface area (Å²) in [5.74, 6) is 0.861. The molecule has 4 heteroatoms. The summed E-state index contributed by atoms with van der Waals surface area (Å²) < 4.78 is 5.97. The molecule has 0 aliphatic heterocycles. The summed E-state index contributed by atoms with van der Waals surface area (Å²) in [7, 11) is 0. The van der Waals surface area contributed by atoms with E-state index >= 15 is 0 Å². The average molecular weight is 401 g/mol. The third-order valence-corrected chi connectivity index (χ3v) is 6.09. The topological polar surface area (TPSA) is 62.1 Å². The molecule has 0 spiro atoms. The van der Waals surface area contributed by atoms with Crippen LogP contribution in [0.25, 0.3) is 5.57 Å². The van der Waals surface area contributed by atoms with Crippen LogP contribution in [0.15, 0.2) is 42.0 Å². The van der Waals surface area contributed by atoms with E-state index in [0.717, 1.165) is 45.7 Å². The highest BCUT2D eigenvalue weighted by molar-refractivity contribution is 6.33. The van der Waals surface area contributed by atoms with E-state index < -0.39 is 0 Å². The third-order valence-electron chi connectivity index (χ3n) is 6.09. The van der Waals surface area contributed by atoms with Crippen molar-refractivity contribution in [3.63, 3.8) is 0 Å². The van der Waals surface area contributed by atoms with Gasteiger partial charge in [-0.25, -0.2) is 0 Å². The van der Waals surface area contributed by atoms with Gasteiger partial charge in [0.05, 0.1) is 11.6 Å². The summed E-state index contributed by atoms with van der Waals surface area (Å²) in [6, 6.07) is 13.7. The molecule has 2 aromatic carbocycles. The molecule has 2 aromatic rings. The maximum Gasteiger partial charge on any atom is 0.193 e. The molecule has 4 nitrogen and oxygen atoms in total. The molecule has 0 bridgehead atoms. The minimum absolute atomic E-state index is 0.0549. The van der Waals surface area contributed by atoms with E-state index in [1.165, 1.54) is 0 Å². The van der Waals surface area contributed by atoms with Crippen LogP contribution >= 0.6 is 0 Å². The third kappa shape index (κ3) is 3.44. The van der Waals surface area contributed by atoms with Gasteiger partial charge in [-0.1, -0.05) is 19.9 Å². The highest BCUT2D eigenvalue weighted by Crippen LogP contribution is 2.50. The van der Waals surface area contributed by atoms with Crippen molar-refractivity contribution in [2.24, 2.45) is 0 Å². The first-order valence-corrected chi connectivity index (χ1v) is 10.5. The predicted octanol–water partition coefficient (Wildman–Crippen LogP) is 4.81. The molecule has 0 fully saturated rings. The molecule has 0 amide bonds. The van der Waals surface area contributed by atoms with Gasteiger partial charge in [-0.15, -0.1) is 0 Å². The highest BCUT2D eigenvalue weighted by atomic mass is 16.5.